The number of hydrogen-bond donors (Lipinski definition) is 1. The summed E-state index contributed by atoms with van der Waals surface area (Å²) in [6, 6.07) is 15.8. The molecule has 0 radical (unpaired) electrons. The number of nitrogens with zero attached hydrogens (tertiary/aromatic N) is 1. The predicted octanol–water partition coefficient (Wildman–Crippen LogP) is 3.98. The van der Waals surface area contributed by atoms with Crippen LogP contribution in [-0.2, 0) is 0 Å². The third-order valence-corrected chi connectivity index (χ3v) is 4.57. The maximum atomic E-state index is 3.66. The summed E-state index contributed by atoms with van der Waals surface area (Å²) < 4.78 is 0. The molecule has 0 aliphatic carbocycles. The predicted molar refractivity (Wildman–Crippen MR) is 90.7 cm³/mol. The Bertz CT molecular complexity index is 573. The van der Waals surface area contributed by atoms with Gasteiger partial charge in [0.2, 0.25) is 0 Å². The fourth-order valence-corrected chi connectivity index (χ4v) is 3.22. The Hall–Kier alpha value is -1.38. The summed E-state index contributed by atoms with van der Waals surface area (Å²) in [7, 11) is 0. The van der Waals surface area contributed by atoms with Crippen molar-refractivity contribution in [1.82, 2.24) is 10.2 Å². The van der Waals surface area contributed by atoms with Crippen molar-refractivity contribution < 1.29 is 0 Å². The molecule has 3 rings (SSSR count). The van der Waals surface area contributed by atoms with Gasteiger partial charge in [0.1, 0.15) is 0 Å². The first-order valence-corrected chi connectivity index (χ1v) is 8.27. The second-order valence-electron chi connectivity index (χ2n) is 6.18. The van der Waals surface area contributed by atoms with Gasteiger partial charge in [-0.25, -0.2) is 0 Å². The van der Waals surface area contributed by atoms with Crippen molar-refractivity contribution in [1.29, 1.82) is 0 Å². The molecule has 1 unspecified atom stereocenters. The monoisotopic (exact) mass is 282 g/mol. The number of rotatable bonds is 6. The summed E-state index contributed by atoms with van der Waals surface area (Å²) in [5.74, 6) is 0. The van der Waals surface area contributed by atoms with Crippen LogP contribution in [-0.4, -0.2) is 31.1 Å². The van der Waals surface area contributed by atoms with Gasteiger partial charge in [-0.2, -0.15) is 0 Å². The van der Waals surface area contributed by atoms with E-state index < -0.39 is 0 Å². The SMILES string of the molecule is CC(NCCCN1CCCC1)c1ccc2ccccc2c1. The first-order valence-electron chi connectivity index (χ1n) is 8.27. The number of fused-ring (bicyclic) bond motifs is 1. The van der Waals surface area contributed by atoms with Gasteiger partial charge in [-0.15, -0.1) is 0 Å². The van der Waals surface area contributed by atoms with E-state index in [1.165, 1.54) is 55.2 Å². The second-order valence-corrected chi connectivity index (χ2v) is 6.18. The molecule has 0 saturated carbocycles. The maximum Gasteiger partial charge on any atom is 0.0292 e. The number of hydrogen-bond acceptors (Lipinski definition) is 2. The standard InChI is InChI=1S/C19H26N2/c1-16(20-11-6-14-21-12-4-5-13-21)18-10-9-17-7-2-3-8-19(17)15-18/h2-3,7-10,15-16,20H,4-6,11-14H2,1H3. The first kappa shape index (κ1) is 14.6. The summed E-state index contributed by atoms with van der Waals surface area (Å²) >= 11 is 0. The van der Waals surface area contributed by atoms with Crippen LogP contribution < -0.4 is 5.32 Å². The van der Waals surface area contributed by atoms with Gasteiger partial charge in [-0.3, -0.25) is 0 Å². The van der Waals surface area contributed by atoms with Crippen molar-refractivity contribution >= 4 is 10.8 Å². The van der Waals surface area contributed by atoms with Crippen LogP contribution in [0.25, 0.3) is 10.8 Å². The molecule has 1 aliphatic heterocycles. The zero-order valence-electron chi connectivity index (χ0n) is 13.0. The molecule has 2 nitrogen and oxygen atoms in total. The zero-order chi connectivity index (χ0) is 14.5. The quantitative estimate of drug-likeness (QED) is 0.806. The second kappa shape index (κ2) is 7.06. The Morgan fingerprint density at radius 2 is 1.81 bits per heavy atom. The molecule has 0 aromatic heterocycles. The molecule has 2 heteroatoms. The minimum Gasteiger partial charge on any atom is -0.310 e. The highest BCUT2D eigenvalue weighted by Crippen LogP contribution is 2.20. The molecule has 2 aromatic carbocycles. The van der Waals surface area contributed by atoms with Gasteiger partial charge in [0.15, 0.2) is 0 Å². The highest BCUT2D eigenvalue weighted by molar-refractivity contribution is 5.83. The van der Waals surface area contributed by atoms with Crippen LogP contribution >= 0.6 is 0 Å². The van der Waals surface area contributed by atoms with E-state index in [9.17, 15) is 0 Å². The summed E-state index contributed by atoms with van der Waals surface area (Å²) in [5, 5.41) is 6.32. The Morgan fingerprint density at radius 3 is 2.62 bits per heavy atom. The van der Waals surface area contributed by atoms with Gasteiger partial charge >= 0.3 is 0 Å². The van der Waals surface area contributed by atoms with E-state index in [-0.39, 0.29) is 0 Å². The van der Waals surface area contributed by atoms with Crippen LogP contribution in [0.1, 0.15) is 37.8 Å². The lowest BCUT2D eigenvalue weighted by Gasteiger charge is -2.17. The summed E-state index contributed by atoms with van der Waals surface area (Å²) in [6.07, 6.45) is 4.03. The zero-order valence-corrected chi connectivity index (χ0v) is 13.0. The van der Waals surface area contributed by atoms with Gasteiger partial charge in [-0.1, -0.05) is 36.4 Å². The highest BCUT2D eigenvalue weighted by atomic mass is 15.1. The Balaban J connectivity index is 1.50. The molecule has 21 heavy (non-hydrogen) atoms. The van der Waals surface area contributed by atoms with Crippen molar-refractivity contribution in [2.24, 2.45) is 0 Å². The fourth-order valence-electron chi connectivity index (χ4n) is 3.22. The molecule has 1 atom stereocenters. The largest absolute Gasteiger partial charge is 0.310 e. The van der Waals surface area contributed by atoms with Crippen LogP contribution in [0.4, 0.5) is 0 Å². The van der Waals surface area contributed by atoms with Gasteiger partial charge in [0.25, 0.3) is 0 Å². The molecule has 1 heterocycles. The van der Waals surface area contributed by atoms with E-state index >= 15 is 0 Å². The van der Waals surface area contributed by atoms with Gasteiger partial charge in [0.05, 0.1) is 0 Å². The molecule has 1 aliphatic rings. The van der Waals surface area contributed by atoms with Gasteiger partial charge in [-0.05, 0) is 74.8 Å². The molecule has 1 saturated heterocycles. The van der Waals surface area contributed by atoms with Crippen LogP contribution in [0.3, 0.4) is 0 Å². The molecule has 0 spiro atoms. The topological polar surface area (TPSA) is 15.3 Å². The Morgan fingerprint density at radius 1 is 1.05 bits per heavy atom. The summed E-state index contributed by atoms with van der Waals surface area (Å²) in [4.78, 5) is 2.59. The maximum absolute atomic E-state index is 3.66. The molecule has 112 valence electrons. The molecule has 0 bridgehead atoms. The van der Waals surface area contributed by atoms with Crippen LogP contribution in [0.2, 0.25) is 0 Å². The van der Waals surface area contributed by atoms with Gasteiger partial charge in [0, 0.05) is 6.04 Å². The minimum atomic E-state index is 0.424. The van der Waals surface area contributed by atoms with Gasteiger partial charge < -0.3 is 10.2 Å². The lowest BCUT2D eigenvalue weighted by atomic mass is 10.0. The normalized spacial score (nSPS) is 17.4. The average molecular weight is 282 g/mol. The lowest BCUT2D eigenvalue weighted by molar-refractivity contribution is 0.328. The summed E-state index contributed by atoms with van der Waals surface area (Å²) in [5.41, 5.74) is 1.38. The molecule has 1 N–H and O–H groups in total. The van der Waals surface area contributed by atoms with E-state index in [2.05, 4.69) is 59.6 Å². The highest BCUT2D eigenvalue weighted by Gasteiger charge is 2.11. The average Bonchev–Trinajstić information content (AvgIpc) is 3.04. The van der Waals surface area contributed by atoms with E-state index in [0.29, 0.717) is 6.04 Å². The van der Waals surface area contributed by atoms with Crippen molar-refractivity contribution in [3.63, 3.8) is 0 Å². The van der Waals surface area contributed by atoms with Crippen molar-refractivity contribution in [2.45, 2.75) is 32.2 Å². The molecular formula is C19H26N2. The lowest BCUT2D eigenvalue weighted by Crippen LogP contribution is -2.26. The van der Waals surface area contributed by atoms with Crippen molar-refractivity contribution in [3.8, 4) is 0 Å². The Kier molecular flexibility index (Phi) is 4.89. The number of nitrogens with one attached hydrogen (secondary N) is 1. The molecule has 1 fully saturated rings. The third kappa shape index (κ3) is 3.84. The van der Waals surface area contributed by atoms with E-state index in [1.807, 2.05) is 0 Å². The van der Waals surface area contributed by atoms with E-state index in [4.69, 9.17) is 0 Å². The van der Waals surface area contributed by atoms with Crippen molar-refractivity contribution in [3.05, 3.63) is 48.0 Å². The number of likely N-dealkylation sites (tertiary alicyclic amines) is 1. The minimum absolute atomic E-state index is 0.424. The smallest absolute Gasteiger partial charge is 0.0292 e. The first-order chi connectivity index (χ1) is 10.3. The number of benzene rings is 2. The van der Waals surface area contributed by atoms with E-state index in [1.54, 1.807) is 0 Å². The van der Waals surface area contributed by atoms with Crippen LogP contribution in [0, 0.1) is 0 Å². The third-order valence-electron chi connectivity index (χ3n) is 4.57. The van der Waals surface area contributed by atoms with Crippen LogP contribution in [0.15, 0.2) is 42.5 Å². The molecular weight excluding hydrogens is 256 g/mol. The fraction of sp³-hybridized carbons (Fsp3) is 0.474. The summed E-state index contributed by atoms with van der Waals surface area (Å²) in [6.45, 7) is 7.22. The molecule has 2 aromatic rings. The van der Waals surface area contributed by atoms with Crippen molar-refractivity contribution in [2.75, 3.05) is 26.2 Å². The van der Waals surface area contributed by atoms with Crippen LogP contribution in [0.5, 0.6) is 0 Å². The Labute approximate surface area is 128 Å². The van der Waals surface area contributed by atoms with E-state index in [0.717, 1.165) is 6.54 Å². The molecule has 0 amide bonds.